The fraction of sp³-hybridized carbons (Fsp3) is 0.650. The minimum Gasteiger partial charge on any atom is -0.379 e. The Balaban J connectivity index is 1.49. The van der Waals surface area contributed by atoms with E-state index in [0.29, 0.717) is 19.0 Å². The molecule has 1 amide bonds. The summed E-state index contributed by atoms with van der Waals surface area (Å²) in [4.78, 5) is 17.0. The predicted molar refractivity (Wildman–Crippen MR) is 99.2 cm³/mol. The maximum Gasteiger partial charge on any atom is 0.234 e. The molecule has 0 aliphatic carbocycles. The molecule has 0 radical (unpaired) electrons. The van der Waals surface area contributed by atoms with Gasteiger partial charge in [-0.2, -0.15) is 0 Å². The molecule has 1 aromatic rings. The van der Waals surface area contributed by atoms with Gasteiger partial charge < -0.3 is 10.1 Å². The number of morpholine rings is 1. The lowest BCUT2D eigenvalue weighted by Gasteiger charge is -2.30. The maximum absolute atomic E-state index is 12.3. The summed E-state index contributed by atoms with van der Waals surface area (Å²) in [5.41, 5.74) is 2.52. The molecule has 138 valence electrons. The first-order valence-corrected chi connectivity index (χ1v) is 9.56. The average molecular weight is 345 g/mol. The molecule has 2 aliphatic rings. The zero-order valence-electron chi connectivity index (χ0n) is 15.4. The predicted octanol–water partition coefficient (Wildman–Crippen LogP) is 1.87. The molecule has 5 heteroatoms. The third-order valence-electron chi connectivity index (χ3n) is 5.20. The van der Waals surface area contributed by atoms with Crippen LogP contribution in [0.3, 0.4) is 0 Å². The highest BCUT2D eigenvalue weighted by atomic mass is 16.5. The largest absolute Gasteiger partial charge is 0.379 e. The molecule has 2 fully saturated rings. The first-order valence-electron chi connectivity index (χ1n) is 9.56. The van der Waals surface area contributed by atoms with Crippen molar-refractivity contribution in [2.75, 3.05) is 45.9 Å². The smallest absolute Gasteiger partial charge is 0.234 e. The Morgan fingerprint density at radius 2 is 1.92 bits per heavy atom. The lowest BCUT2D eigenvalue weighted by atomic mass is 10.0. The van der Waals surface area contributed by atoms with Crippen LogP contribution in [-0.2, 0) is 22.6 Å². The third kappa shape index (κ3) is 5.80. The van der Waals surface area contributed by atoms with Crippen molar-refractivity contribution in [3.63, 3.8) is 0 Å². The van der Waals surface area contributed by atoms with E-state index in [-0.39, 0.29) is 5.91 Å². The van der Waals surface area contributed by atoms with Gasteiger partial charge in [0.2, 0.25) is 5.91 Å². The molecule has 0 saturated carbocycles. The van der Waals surface area contributed by atoms with Gasteiger partial charge in [-0.3, -0.25) is 14.6 Å². The van der Waals surface area contributed by atoms with E-state index in [9.17, 15) is 4.79 Å². The minimum absolute atomic E-state index is 0.135. The second kappa shape index (κ2) is 9.32. The molecule has 1 atom stereocenters. The van der Waals surface area contributed by atoms with E-state index in [1.165, 1.54) is 24.0 Å². The Hall–Kier alpha value is -1.43. The van der Waals surface area contributed by atoms with Crippen molar-refractivity contribution >= 4 is 5.91 Å². The lowest BCUT2D eigenvalue weighted by molar-refractivity contribution is -0.122. The quantitative estimate of drug-likeness (QED) is 0.855. The summed E-state index contributed by atoms with van der Waals surface area (Å²) in [5, 5.41) is 3.11. The van der Waals surface area contributed by atoms with E-state index in [4.69, 9.17) is 4.74 Å². The Morgan fingerprint density at radius 3 is 2.68 bits per heavy atom. The second-order valence-corrected chi connectivity index (χ2v) is 7.42. The van der Waals surface area contributed by atoms with Crippen LogP contribution in [0.2, 0.25) is 0 Å². The van der Waals surface area contributed by atoms with Gasteiger partial charge in [0.25, 0.3) is 0 Å². The third-order valence-corrected chi connectivity index (χ3v) is 5.20. The number of rotatable bonds is 6. The van der Waals surface area contributed by atoms with Gasteiger partial charge in [-0.1, -0.05) is 31.2 Å². The number of piperidine rings is 1. The van der Waals surface area contributed by atoms with Gasteiger partial charge in [-0.05, 0) is 36.4 Å². The van der Waals surface area contributed by atoms with Crippen LogP contribution in [0.15, 0.2) is 24.3 Å². The molecular formula is C20H31N3O2. The number of amides is 1. The van der Waals surface area contributed by atoms with Gasteiger partial charge in [-0.15, -0.1) is 0 Å². The second-order valence-electron chi connectivity index (χ2n) is 7.42. The fourth-order valence-electron chi connectivity index (χ4n) is 3.77. The fourth-order valence-corrected chi connectivity index (χ4v) is 3.77. The van der Waals surface area contributed by atoms with Gasteiger partial charge in [0.15, 0.2) is 0 Å². The molecule has 2 heterocycles. The topological polar surface area (TPSA) is 44.8 Å². The van der Waals surface area contributed by atoms with Crippen molar-refractivity contribution < 1.29 is 9.53 Å². The molecule has 0 spiro atoms. The van der Waals surface area contributed by atoms with E-state index < -0.39 is 0 Å². The summed E-state index contributed by atoms with van der Waals surface area (Å²) in [6.45, 7) is 10.0. The van der Waals surface area contributed by atoms with Crippen LogP contribution in [-0.4, -0.2) is 61.6 Å². The van der Waals surface area contributed by atoms with Gasteiger partial charge in [-0.25, -0.2) is 0 Å². The van der Waals surface area contributed by atoms with E-state index in [2.05, 4.69) is 46.3 Å². The van der Waals surface area contributed by atoms with Crippen molar-refractivity contribution in [2.45, 2.75) is 32.9 Å². The number of likely N-dealkylation sites (tertiary alicyclic amines) is 1. The highest BCUT2D eigenvalue weighted by molar-refractivity contribution is 5.78. The minimum atomic E-state index is 0.135. The van der Waals surface area contributed by atoms with Crippen molar-refractivity contribution in [3.8, 4) is 0 Å². The van der Waals surface area contributed by atoms with Crippen LogP contribution < -0.4 is 5.32 Å². The van der Waals surface area contributed by atoms with E-state index in [1.54, 1.807) is 0 Å². The monoisotopic (exact) mass is 345 g/mol. The highest BCUT2D eigenvalue weighted by Crippen LogP contribution is 2.15. The molecule has 25 heavy (non-hydrogen) atoms. The van der Waals surface area contributed by atoms with E-state index in [0.717, 1.165) is 45.9 Å². The number of nitrogens with one attached hydrogen (secondary N) is 1. The van der Waals surface area contributed by atoms with E-state index >= 15 is 0 Å². The molecule has 1 aromatic carbocycles. The van der Waals surface area contributed by atoms with Gasteiger partial charge in [0.05, 0.1) is 19.8 Å². The molecule has 5 nitrogen and oxygen atoms in total. The van der Waals surface area contributed by atoms with Crippen LogP contribution in [0.4, 0.5) is 0 Å². The van der Waals surface area contributed by atoms with Crippen LogP contribution in [0.5, 0.6) is 0 Å². The molecule has 0 bridgehead atoms. The Morgan fingerprint density at radius 1 is 1.16 bits per heavy atom. The van der Waals surface area contributed by atoms with Gasteiger partial charge in [0, 0.05) is 32.7 Å². The Labute approximate surface area is 151 Å². The standard InChI is InChI=1S/C20H31N3O2/c1-17-5-4-8-23(14-17)16-20(24)21-13-18-6-2-3-7-19(18)15-22-9-11-25-12-10-22/h2-3,6-7,17H,4-5,8-16H2,1H3,(H,21,24)/t17-/m1/s1. The molecule has 2 saturated heterocycles. The maximum atomic E-state index is 12.3. The number of ether oxygens (including phenoxy) is 1. The molecule has 1 N–H and O–H groups in total. The molecule has 0 unspecified atom stereocenters. The lowest BCUT2D eigenvalue weighted by Crippen LogP contribution is -2.42. The van der Waals surface area contributed by atoms with Crippen LogP contribution in [0, 0.1) is 5.92 Å². The summed E-state index contributed by atoms with van der Waals surface area (Å²) in [6, 6.07) is 8.43. The normalized spacial score (nSPS) is 22.7. The van der Waals surface area contributed by atoms with Gasteiger partial charge in [0.1, 0.15) is 0 Å². The number of benzene rings is 1. The Kier molecular flexibility index (Phi) is 6.84. The SMILES string of the molecule is C[C@@H]1CCCN(CC(=O)NCc2ccccc2CN2CCOCC2)C1. The van der Waals surface area contributed by atoms with E-state index in [1.807, 2.05) is 0 Å². The van der Waals surface area contributed by atoms with Crippen molar-refractivity contribution in [3.05, 3.63) is 35.4 Å². The van der Waals surface area contributed by atoms with Gasteiger partial charge >= 0.3 is 0 Å². The number of hydrogen-bond donors (Lipinski definition) is 1. The van der Waals surface area contributed by atoms with Crippen LogP contribution >= 0.6 is 0 Å². The number of nitrogens with zero attached hydrogens (tertiary/aromatic N) is 2. The summed E-state index contributed by atoms with van der Waals surface area (Å²) >= 11 is 0. The summed E-state index contributed by atoms with van der Waals surface area (Å²) < 4.78 is 5.42. The van der Waals surface area contributed by atoms with Crippen molar-refractivity contribution in [2.24, 2.45) is 5.92 Å². The molecule has 3 rings (SSSR count). The number of carbonyl (C=O) groups is 1. The molecule has 2 aliphatic heterocycles. The molecular weight excluding hydrogens is 314 g/mol. The molecule has 0 aromatic heterocycles. The Bertz CT molecular complexity index is 558. The highest BCUT2D eigenvalue weighted by Gasteiger charge is 2.18. The summed E-state index contributed by atoms with van der Waals surface area (Å²) in [5.74, 6) is 0.839. The first kappa shape index (κ1) is 18.4. The number of carbonyl (C=O) groups excluding carboxylic acids is 1. The van der Waals surface area contributed by atoms with Crippen LogP contribution in [0.1, 0.15) is 30.9 Å². The zero-order valence-corrected chi connectivity index (χ0v) is 15.4. The van der Waals surface area contributed by atoms with Crippen molar-refractivity contribution in [1.82, 2.24) is 15.1 Å². The number of hydrogen-bond acceptors (Lipinski definition) is 4. The van der Waals surface area contributed by atoms with Crippen molar-refractivity contribution in [1.29, 1.82) is 0 Å². The first-order chi connectivity index (χ1) is 12.2. The summed E-state index contributed by atoms with van der Waals surface area (Å²) in [6.07, 6.45) is 2.49. The zero-order chi connectivity index (χ0) is 17.5. The summed E-state index contributed by atoms with van der Waals surface area (Å²) in [7, 11) is 0. The van der Waals surface area contributed by atoms with Crippen LogP contribution in [0.25, 0.3) is 0 Å². The average Bonchev–Trinajstić information content (AvgIpc) is 2.62.